The number of carbonyl (C=O) groups excluding carboxylic acids is 1. The van der Waals surface area contributed by atoms with E-state index >= 15 is 0 Å². The van der Waals surface area contributed by atoms with E-state index in [0.29, 0.717) is 34.9 Å². The highest BCUT2D eigenvalue weighted by atomic mass is 35.5. The minimum atomic E-state index is -4.85. The summed E-state index contributed by atoms with van der Waals surface area (Å²) in [5, 5.41) is 17.0. The van der Waals surface area contributed by atoms with Crippen molar-refractivity contribution in [2.24, 2.45) is 5.41 Å². The fraction of sp³-hybridized carbons (Fsp3) is 0.630. The largest absolute Gasteiger partial charge is 0.481 e. The van der Waals surface area contributed by atoms with Crippen LogP contribution in [0.2, 0.25) is 10.0 Å². The zero-order chi connectivity index (χ0) is 29.5. The van der Waals surface area contributed by atoms with E-state index in [0.717, 1.165) is 17.3 Å². The monoisotopic (exact) mass is 604 g/mol. The van der Waals surface area contributed by atoms with Gasteiger partial charge in [0.05, 0.1) is 51.0 Å². The van der Waals surface area contributed by atoms with E-state index < -0.39 is 58.5 Å². The van der Waals surface area contributed by atoms with E-state index in [-0.39, 0.29) is 25.7 Å². The van der Waals surface area contributed by atoms with Crippen molar-refractivity contribution in [1.82, 2.24) is 20.1 Å². The molecule has 3 heterocycles. The SMILES string of the molecule is CC1(C)CC[C@H](C(CCc2c(Cl)cncc2Cl)NC(=O)c2cnn(C3CCC(C)(C(=O)O)CC3)c2C(F)(F)F)O1. The van der Waals surface area contributed by atoms with Gasteiger partial charge in [0.25, 0.3) is 5.91 Å². The zero-order valence-corrected chi connectivity index (χ0v) is 24.0. The Hall–Kier alpha value is -2.37. The molecule has 2 atom stereocenters. The van der Waals surface area contributed by atoms with Crippen LogP contribution in [-0.2, 0) is 22.1 Å². The summed E-state index contributed by atoms with van der Waals surface area (Å²) >= 11 is 12.5. The van der Waals surface area contributed by atoms with E-state index in [9.17, 15) is 27.9 Å². The molecular formula is C27H33Cl2F3N4O4. The Kier molecular flexibility index (Phi) is 8.78. The lowest BCUT2D eigenvalue weighted by atomic mass is 9.74. The van der Waals surface area contributed by atoms with E-state index in [2.05, 4.69) is 15.4 Å². The van der Waals surface area contributed by atoms with Crippen molar-refractivity contribution in [3.63, 3.8) is 0 Å². The molecule has 4 rings (SSSR count). The van der Waals surface area contributed by atoms with Crippen molar-refractivity contribution in [1.29, 1.82) is 0 Å². The lowest BCUT2D eigenvalue weighted by Crippen LogP contribution is -2.45. The van der Waals surface area contributed by atoms with Crippen LogP contribution in [0.3, 0.4) is 0 Å². The van der Waals surface area contributed by atoms with Gasteiger partial charge in [-0.1, -0.05) is 23.2 Å². The van der Waals surface area contributed by atoms with Crippen LogP contribution in [0.15, 0.2) is 18.6 Å². The Morgan fingerprint density at radius 1 is 1.12 bits per heavy atom. The predicted molar refractivity (Wildman–Crippen MR) is 142 cm³/mol. The standard InChI is InChI=1S/C27H33Cl2F3N4O4/c1-25(2)9-8-21(40-25)20(5-4-16-18(28)13-33-14-19(16)29)35-23(37)17-12-34-36(22(17)27(30,31)32)15-6-10-26(3,11-7-15)24(38)39/h12-15,20-21H,4-11H2,1-3H3,(H,35,37)(H,38,39)/t15?,20?,21-,26?/m1/s1. The predicted octanol–water partition coefficient (Wildman–Crippen LogP) is 6.50. The van der Waals surface area contributed by atoms with Crippen LogP contribution in [-0.4, -0.2) is 49.5 Å². The Balaban J connectivity index is 1.58. The van der Waals surface area contributed by atoms with Gasteiger partial charge in [-0.25, -0.2) is 0 Å². The highest BCUT2D eigenvalue weighted by Gasteiger charge is 2.45. The number of pyridine rings is 1. The van der Waals surface area contributed by atoms with E-state index in [1.54, 1.807) is 6.92 Å². The molecule has 1 saturated heterocycles. The van der Waals surface area contributed by atoms with Gasteiger partial charge in [0.2, 0.25) is 0 Å². The van der Waals surface area contributed by atoms with E-state index in [4.69, 9.17) is 27.9 Å². The molecule has 0 radical (unpaired) electrons. The second-order valence-corrected chi connectivity index (χ2v) is 12.4. The quantitative estimate of drug-likeness (QED) is 0.356. The molecular weight excluding hydrogens is 572 g/mol. The van der Waals surface area contributed by atoms with Crippen molar-refractivity contribution < 1.29 is 32.6 Å². The number of amides is 1. The van der Waals surface area contributed by atoms with Crippen LogP contribution in [0.5, 0.6) is 0 Å². The molecule has 2 aromatic heterocycles. The molecule has 2 aromatic rings. The minimum Gasteiger partial charge on any atom is -0.481 e. The maximum atomic E-state index is 14.3. The van der Waals surface area contributed by atoms with Gasteiger partial charge in [-0.3, -0.25) is 19.3 Å². The summed E-state index contributed by atoms with van der Waals surface area (Å²) in [6.45, 7) is 5.44. The molecule has 2 N–H and O–H groups in total. The fourth-order valence-electron chi connectivity index (χ4n) is 5.66. The summed E-state index contributed by atoms with van der Waals surface area (Å²) in [5.41, 5.74) is -2.52. The molecule has 8 nitrogen and oxygen atoms in total. The lowest BCUT2D eigenvalue weighted by molar-refractivity contribution is -0.152. The van der Waals surface area contributed by atoms with Crippen molar-refractivity contribution >= 4 is 35.1 Å². The third kappa shape index (κ3) is 6.57. The molecule has 0 aromatic carbocycles. The van der Waals surface area contributed by atoms with Crippen LogP contribution in [0.25, 0.3) is 0 Å². The molecule has 1 aliphatic heterocycles. The molecule has 1 amide bonds. The number of carbonyl (C=O) groups is 2. The molecule has 1 saturated carbocycles. The number of alkyl halides is 3. The minimum absolute atomic E-state index is 0.204. The molecule has 220 valence electrons. The number of aliphatic carboxylic acids is 1. The lowest BCUT2D eigenvalue weighted by Gasteiger charge is -2.34. The Bertz CT molecular complexity index is 1240. The molecule has 0 spiro atoms. The first-order valence-corrected chi connectivity index (χ1v) is 14.0. The number of carboxylic acid groups (broad SMARTS) is 1. The number of ether oxygens (including phenoxy) is 1. The van der Waals surface area contributed by atoms with Crippen LogP contribution in [0.1, 0.15) is 93.4 Å². The summed E-state index contributed by atoms with van der Waals surface area (Å²) < 4.78 is 50.0. The van der Waals surface area contributed by atoms with Crippen molar-refractivity contribution in [3.8, 4) is 0 Å². The number of nitrogens with one attached hydrogen (secondary N) is 1. The third-order valence-electron chi connectivity index (χ3n) is 8.15. The van der Waals surface area contributed by atoms with Gasteiger partial charge in [0, 0.05) is 12.4 Å². The first-order valence-electron chi connectivity index (χ1n) is 13.3. The summed E-state index contributed by atoms with van der Waals surface area (Å²) in [4.78, 5) is 28.9. The van der Waals surface area contributed by atoms with Gasteiger partial charge in [0.1, 0.15) is 0 Å². The Labute approximate surface area is 240 Å². The summed E-state index contributed by atoms with van der Waals surface area (Å²) in [5.74, 6) is -1.88. The van der Waals surface area contributed by atoms with Gasteiger partial charge in [-0.05, 0) is 77.7 Å². The molecule has 1 aliphatic carbocycles. The number of nitrogens with zero attached hydrogens (tertiary/aromatic N) is 3. The van der Waals surface area contributed by atoms with Crippen LogP contribution in [0, 0.1) is 5.41 Å². The number of carboxylic acids is 1. The number of rotatable bonds is 8. The van der Waals surface area contributed by atoms with Crippen LogP contribution in [0.4, 0.5) is 13.2 Å². The smallest absolute Gasteiger partial charge is 0.433 e. The number of aromatic nitrogens is 3. The molecule has 40 heavy (non-hydrogen) atoms. The normalized spacial score (nSPS) is 25.5. The Morgan fingerprint density at radius 2 is 1.75 bits per heavy atom. The summed E-state index contributed by atoms with van der Waals surface area (Å²) in [6, 6.07) is -1.29. The molecule has 0 bridgehead atoms. The van der Waals surface area contributed by atoms with Gasteiger partial charge in [0.15, 0.2) is 5.69 Å². The summed E-state index contributed by atoms with van der Waals surface area (Å²) in [6.07, 6.45) is 1.43. The second-order valence-electron chi connectivity index (χ2n) is 11.6. The number of halogens is 5. The van der Waals surface area contributed by atoms with Crippen LogP contribution >= 0.6 is 23.2 Å². The first-order chi connectivity index (χ1) is 18.6. The average Bonchev–Trinajstić information content (AvgIpc) is 3.47. The Morgan fingerprint density at radius 3 is 2.27 bits per heavy atom. The highest BCUT2D eigenvalue weighted by Crippen LogP contribution is 2.43. The van der Waals surface area contributed by atoms with Crippen LogP contribution < -0.4 is 5.32 Å². The maximum absolute atomic E-state index is 14.3. The van der Waals surface area contributed by atoms with Crippen molar-refractivity contribution in [2.75, 3.05) is 0 Å². The number of hydrogen-bond acceptors (Lipinski definition) is 5. The molecule has 2 fully saturated rings. The van der Waals surface area contributed by atoms with E-state index in [1.807, 2.05) is 13.8 Å². The zero-order valence-electron chi connectivity index (χ0n) is 22.5. The third-order valence-corrected chi connectivity index (χ3v) is 8.81. The first kappa shape index (κ1) is 30.6. The maximum Gasteiger partial charge on any atom is 0.433 e. The second kappa shape index (κ2) is 11.5. The van der Waals surface area contributed by atoms with E-state index in [1.165, 1.54) is 12.4 Å². The fourth-order valence-corrected chi connectivity index (χ4v) is 6.21. The molecule has 13 heteroatoms. The van der Waals surface area contributed by atoms with Gasteiger partial charge < -0.3 is 15.2 Å². The van der Waals surface area contributed by atoms with Crippen molar-refractivity contribution in [2.45, 2.75) is 102 Å². The van der Waals surface area contributed by atoms with Gasteiger partial charge in [-0.2, -0.15) is 18.3 Å². The number of hydrogen-bond donors (Lipinski definition) is 2. The van der Waals surface area contributed by atoms with Gasteiger partial charge >= 0.3 is 12.1 Å². The molecule has 1 unspecified atom stereocenters. The summed E-state index contributed by atoms with van der Waals surface area (Å²) in [7, 11) is 0. The van der Waals surface area contributed by atoms with Crippen molar-refractivity contribution in [3.05, 3.63) is 45.5 Å². The highest BCUT2D eigenvalue weighted by molar-refractivity contribution is 6.35. The van der Waals surface area contributed by atoms with Gasteiger partial charge in [-0.15, -0.1) is 0 Å². The molecule has 2 aliphatic rings. The average molecular weight is 605 g/mol. The topological polar surface area (TPSA) is 106 Å².